The quantitative estimate of drug-likeness (QED) is 0.817. The summed E-state index contributed by atoms with van der Waals surface area (Å²) in [6.45, 7) is 4.49. The van der Waals surface area contributed by atoms with Crippen molar-refractivity contribution in [3.63, 3.8) is 0 Å². The second kappa shape index (κ2) is 7.01. The predicted molar refractivity (Wildman–Crippen MR) is 70.6 cm³/mol. The molecule has 1 rings (SSSR count). The molecule has 18 heavy (non-hydrogen) atoms. The van der Waals surface area contributed by atoms with Crippen LogP contribution in [0, 0.1) is 5.41 Å². The van der Waals surface area contributed by atoms with E-state index in [9.17, 15) is 9.90 Å². The highest BCUT2D eigenvalue weighted by Crippen LogP contribution is 2.24. The predicted octanol–water partition coefficient (Wildman–Crippen LogP) is 2.57. The van der Waals surface area contributed by atoms with Gasteiger partial charge in [-0.25, -0.2) is 4.79 Å². The summed E-state index contributed by atoms with van der Waals surface area (Å²) in [5, 5.41) is 12.1. The van der Waals surface area contributed by atoms with E-state index in [1.54, 1.807) is 24.3 Å². The highest BCUT2D eigenvalue weighted by molar-refractivity contribution is 5.70. The fraction of sp³-hybridized carbons (Fsp3) is 0.500. The number of para-hydroxylation sites is 1. The van der Waals surface area contributed by atoms with Gasteiger partial charge in [0.05, 0.1) is 6.61 Å². The molecule has 0 aliphatic carbocycles. The van der Waals surface area contributed by atoms with Crippen molar-refractivity contribution in [2.45, 2.75) is 26.7 Å². The first-order chi connectivity index (χ1) is 8.65. The highest BCUT2D eigenvalue weighted by Gasteiger charge is 2.26. The van der Waals surface area contributed by atoms with E-state index >= 15 is 0 Å². The molecule has 0 saturated heterocycles. The van der Waals surface area contributed by atoms with Crippen LogP contribution in [0.15, 0.2) is 30.3 Å². The van der Waals surface area contributed by atoms with E-state index in [4.69, 9.17) is 4.74 Å². The molecule has 0 saturated carbocycles. The maximum Gasteiger partial charge on any atom is 0.412 e. The van der Waals surface area contributed by atoms with Crippen LogP contribution in [0.5, 0.6) is 5.75 Å². The van der Waals surface area contributed by atoms with Gasteiger partial charge in [0, 0.05) is 12.0 Å². The smallest absolute Gasteiger partial charge is 0.410 e. The monoisotopic (exact) mass is 251 g/mol. The average molecular weight is 251 g/mol. The molecule has 4 nitrogen and oxygen atoms in total. The Morgan fingerprint density at radius 3 is 2.39 bits per heavy atom. The highest BCUT2D eigenvalue weighted by atomic mass is 16.6. The van der Waals surface area contributed by atoms with Crippen molar-refractivity contribution in [1.82, 2.24) is 5.32 Å². The summed E-state index contributed by atoms with van der Waals surface area (Å²) >= 11 is 0. The van der Waals surface area contributed by atoms with Crippen molar-refractivity contribution in [2.75, 3.05) is 13.2 Å². The first kappa shape index (κ1) is 14.5. The summed E-state index contributed by atoms with van der Waals surface area (Å²) in [5.41, 5.74) is -0.254. The Kier molecular flexibility index (Phi) is 5.65. The van der Waals surface area contributed by atoms with E-state index in [0.717, 1.165) is 12.8 Å². The summed E-state index contributed by atoms with van der Waals surface area (Å²) in [7, 11) is 0. The second-order valence-electron chi connectivity index (χ2n) is 4.42. The number of aliphatic hydroxyl groups excluding tert-OH is 1. The van der Waals surface area contributed by atoms with Crippen LogP contribution >= 0.6 is 0 Å². The minimum Gasteiger partial charge on any atom is -0.410 e. The van der Waals surface area contributed by atoms with Crippen LogP contribution in [0.1, 0.15) is 26.7 Å². The number of nitrogens with one attached hydrogen (secondary N) is 1. The fourth-order valence-corrected chi connectivity index (χ4v) is 1.67. The molecule has 0 spiro atoms. The van der Waals surface area contributed by atoms with Crippen molar-refractivity contribution in [2.24, 2.45) is 5.41 Å². The standard InChI is InChI=1S/C14H21NO3/c1-3-14(4-2,11-16)10-15-13(17)18-12-8-6-5-7-9-12/h5-9,16H,3-4,10-11H2,1-2H3,(H,15,17). The van der Waals surface area contributed by atoms with Crippen molar-refractivity contribution in [1.29, 1.82) is 0 Å². The molecule has 0 aliphatic rings. The minimum absolute atomic E-state index is 0.0611. The third-order valence-electron chi connectivity index (χ3n) is 3.40. The van der Waals surface area contributed by atoms with Gasteiger partial charge in [-0.15, -0.1) is 0 Å². The molecule has 0 atom stereocenters. The van der Waals surface area contributed by atoms with Crippen molar-refractivity contribution in [3.8, 4) is 5.75 Å². The van der Waals surface area contributed by atoms with Crippen molar-refractivity contribution < 1.29 is 14.6 Å². The van der Waals surface area contributed by atoms with E-state index in [1.165, 1.54) is 0 Å². The second-order valence-corrected chi connectivity index (χ2v) is 4.42. The molecule has 4 heteroatoms. The van der Waals surface area contributed by atoms with E-state index in [2.05, 4.69) is 5.32 Å². The Balaban J connectivity index is 2.46. The zero-order chi connectivity index (χ0) is 13.4. The number of aliphatic hydroxyl groups is 1. The fourth-order valence-electron chi connectivity index (χ4n) is 1.67. The van der Waals surface area contributed by atoms with E-state index in [0.29, 0.717) is 12.3 Å². The molecule has 0 aliphatic heterocycles. The SMILES string of the molecule is CCC(CC)(CO)CNC(=O)Oc1ccccc1. The van der Waals surface area contributed by atoms with Crippen molar-refractivity contribution >= 4 is 6.09 Å². The summed E-state index contributed by atoms with van der Waals surface area (Å²) in [6, 6.07) is 8.91. The molecule has 0 bridgehead atoms. The molecule has 1 aromatic carbocycles. The van der Waals surface area contributed by atoms with E-state index in [1.807, 2.05) is 19.9 Å². The van der Waals surface area contributed by atoms with Gasteiger partial charge in [-0.1, -0.05) is 32.0 Å². The summed E-state index contributed by atoms with van der Waals surface area (Å²) in [6.07, 6.45) is 1.14. The molecule has 1 amide bonds. The number of carbonyl (C=O) groups is 1. The lowest BCUT2D eigenvalue weighted by atomic mass is 9.83. The van der Waals surface area contributed by atoms with Crippen LogP contribution in [-0.4, -0.2) is 24.4 Å². The average Bonchev–Trinajstić information content (AvgIpc) is 2.42. The zero-order valence-electron chi connectivity index (χ0n) is 11.0. The maximum absolute atomic E-state index is 11.6. The van der Waals surface area contributed by atoms with Crippen LogP contribution in [-0.2, 0) is 0 Å². The Morgan fingerprint density at radius 1 is 1.28 bits per heavy atom. The minimum atomic E-state index is -0.485. The van der Waals surface area contributed by atoms with Gasteiger partial charge in [-0.05, 0) is 25.0 Å². The Labute approximate surface area is 108 Å². The molecule has 2 N–H and O–H groups in total. The number of amides is 1. The van der Waals surface area contributed by atoms with E-state index < -0.39 is 6.09 Å². The van der Waals surface area contributed by atoms with Gasteiger partial charge in [0.2, 0.25) is 0 Å². The summed E-state index contributed by atoms with van der Waals surface area (Å²) in [4.78, 5) is 11.6. The van der Waals surface area contributed by atoms with E-state index in [-0.39, 0.29) is 12.0 Å². The van der Waals surface area contributed by atoms with Crippen LogP contribution < -0.4 is 10.1 Å². The first-order valence-corrected chi connectivity index (χ1v) is 6.27. The van der Waals surface area contributed by atoms with Crippen LogP contribution in [0.25, 0.3) is 0 Å². The van der Waals surface area contributed by atoms with Gasteiger partial charge >= 0.3 is 6.09 Å². The summed E-state index contributed by atoms with van der Waals surface area (Å²) < 4.78 is 5.11. The maximum atomic E-state index is 11.6. The van der Waals surface area contributed by atoms with Crippen LogP contribution in [0.2, 0.25) is 0 Å². The Morgan fingerprint density at radius 2 is 1.89 bits per heavy atom. The van der Waals surface area contributed by atoms with Crippen LogP contribution in [0.3, 0.4) is 0 Å². The lowest BCUT2D eigenvalue weighted by molar-refractivity contribution is 0.111. The third kappa shape index (κ3) is 4.04. The van der Waals surface area contributed by atoms with Gasteiger partial charge in [0.25, 0.3) is 0 Å². The Hall–Kier alpha value is -1.55. The van der Waals surface area contributed by atoms with Crippen molar-refractivity contribution in [3.05, 3.63) is 30.3 Å². The number of carbonyl (C=O) groups excluding carboxylic acids is 1. The molecule has 100 valence electrons. The number of hydrogen-bond acceptors (Lipinski definition) is 3. The zero-order valence-corrected chi connectivity index (χ0v) is 11.0. The molecule has 0 heterocycles. The number of benzene rings is 1. The molecule has 0 radical (unpaired) electrons. The molecular formula is C14H21NO3. The summed E-state index contributed by atoms with van der Waals surface area (Å²) in [5.74, 6) is 0.512. The molecule has 0 aromatic heterocycles. The topological polar surface area (TPSA) is 58.6 Å². The number of rotatable bonds is 6. The van der Waals surface area contributed by atoms with Gasteiger partial charge in [0.15, 0.2) is 0 Å². The van der Waals surface area contributed by atoms with Gasteiger partial charge < -0.3 is 15.2 Å². The first-order valence-electron chi connectivity index (χ1n) is 6.27. The molecule has 0 unspecified atom stereocenters. The lowest BCUT2D eigenvalue weighted by Gasteiger charge is -2.29. The Bertz CT molecular complexity index is 352. The normalized spacial score (nSPS) is 11.1. The molecule has 1 aromatic rings. The van der Waals surface area contributed by atoms with Gasteiger partial charge in [-0.2, -0.15) is 0 Å². The largest absolute Gasteiger partial charge is 0.412 e. The third-order valence-corrected chi connectivity index (χ3v) is 3.40. The van der Waals surface area contributed by atoms with Gasteiger partial charge in [0.1, 0.15) is 5.75 Å². The number of hydrogen-bond donors (Lipinski definition) is 2. The van der Waals surface area contributed by atoms with Gasteiger partial charge in [-0.3, -0.25) is 0 Å². The lowest BCUT2D eigenvalue weighted by Crippen LogP contribution is -2.40. The molecule has 0 fully saturated rings. The molecular weight excluding hydrogens is 230 g/mol. The number of ether oxygens (including phenoxy) is 1. The van der Waals surface area contributed by atoms with Crippen LogP contribution in [0.4, 0.5) is 4.79 Å².